The van der Waals surface area contributed by atoms with Crippen LogP contribution in [0.25, 0.3) is 16.9 Å². The number of nitrogens with one attached hydrogen (secondary N) is 1. The van der Waals surface area contributed by atoms with Gasteiger partial charge >= 0.3 is 0 Å². The number of benzene rings is 2. The van der Waals surface area contributed by atoms with Crippen LogP contribution < -0.4 is 10.1 Å². The zero-order valence-electron chi connectivity index (χ0n) is 19.6. The van der Waals surface area contributed by atoms with Crippen LogP contribution in [-0.4, -0.2) is 46.5 Å². The number of imidazole rings is 1. The molecule has 34 heavy (non-hydrogen) atoms. The van der Waals surface area contributed by atoms with Gasteiger partial charge in [0.25, 0.3) is 0 Å². The molecule has 0 bridgehead atoms. The predicted molar refractivity (Wildman–Crippen MR) is 135 cm³/mol. The van der Waals surface area contributed by atoms with Crippen molar-refractivity contribution in [2.24, 2.45) is 5.92 Å². The number of rotatable bonds is 10. The maximum absolute atomic E-state index is 13.0. The largest absolute Gasteiger partial charge is 0.497 e. The van der Waals surface area contributed by atoms with Crippen molar-refractivity contribution in [3.63, 3.8) is 0 Å². The van der Waals surface area contributed by atoms with Crippen molar-refractivity contribution < 1.29 is 14.3 Å². The van der Waals surface area contributed by atoms with Crippen molar-refractivity contribution in [1.82, 2.24) is 14.5 Å². The van der Waals surface area contributed by atoms with E-state index in [1.165, 1.54) is 4.90 Å². The van der Waals surface area contributed by atoms with Gasteiger partial charge in [0, 0.05) is 35.8 Å². The van der Waals surface area contributed by atoms with E-state index in [0.717, 1.165) is 11.3 Å². The SMILES string of the molecule is C=CCN(CC(=O)Nc1nc(-c2ccc(Cl)cc2)cn1-c1cccc(OC)c1)C(=O)CC(C)C. The number of carbonyl (C=O) groups excluding carboxylic acids is 2. The Morgan fingerprint density at radius 3 is 2.62 bits per heavy atom. The molecule has 8 heteroatoms. The van der Waals surface area contributed by atoms with Gasteiger partial charge in [-0.15, -0.1) is 6.58 Å². The van der Waals surface area contributed by atoms with Gasteiger partial charge in [0.1, 0.15) is 12.3 Å². The third-order valence-corrected chi connectivity index (χ3v) is 5.30. The molecule has 0 aliphatic rings. The fourth-order valence-corrected chi connectivity index (χ4v) is 3.54. The first-order valence-electron chi connectivity index (χ1n) is 11.0. The third kappa shape index (κ3) is 6.48. The van der Waals surface area contributed by atoms with Crippen LogP contribution in [0.2, 0.25) is 5.02 Å². The van der Waals surface area contributed by atoms with Crippen LogP contribution >= 0.6 is 11.6 Å². The molecule has 1 aromatic heterocycles. The maximum Gasteiger partial charge on any atom is 0.246 e. The molecule has 0 spiro atoms. The van der Waals surface area contributed by atoms with Gasteiger partial charge in [-0.05, 0) is 30.2 Å². The summed E-state index contributed by atoms with van der Waals surface area (Å²) in [6, 6.07) is 14.7. The summed E-state index contributed by atoms with van der Waals surface area (Å²) in [4.78, 5) is 31.6. The Morgan fingerprint density at radius 1 is 1.24 bits per heavy atom. The second-order valence-corrected chi connectivity index (χ2v) is 8.67. The van der Waals surface area contributed by atoms with Gasteiger partial charge < -0.3 is 9.64 Å². The number of carbonyl (C=O) groups is 2. The molecule has 0 radical (unpaired) electrons. The molecule has 0 fully saturated rings. The Labute approximate surface area is 205 Å². The lowest BCUT2D eigenvalue weighted by atomic mass is 10.1. The molecule has 0 aliphatic carbocycles. The smallest absolute Gasteiger partial charge is 0.246 e. The first-order chi connectivity index (χ1) is 16.3. The Morgan fingerprint density at radius 2 is 1.97 bits per heavy atom. The maximum atomic E-state index is 13.0. The molecular weight excluding hydrogens is 452 g/mol. The lowest BCUT2D eigenvalue weighted by Gasteiger charge is -2.21. The van der Waals surface area contributed by atoms with Crippen LogP contribution in [0.5, 0.6) is 5.75 Å². The van der Waals surface area contributed by atoms with Gasteiger partial charge in [0.2, 0.25) is 17.8 Å². The molecule has 0 saturated carbocycles. The summed E-state index contributed by atoms with van der Waals surface area (Å²) in [5.41, 5.74) is 2.27. The van der Waals surface area contributed by atoms with Gasteiger partial charge in [0.15, 0.2) is 0 Å². The van der Waals surface area contributed by atoms with E-state index >= 15 is 0 Å². The molecule has 3 rings (SSSR count). The van der Waals surface area contributed by atoms with E-state index in [0.29, 0.717) is 35.4 Å². The summed E-state index contributed by atoms with van der Waals surface area (Å²) in [5, 5.41) is 3.49. The molecule has 0 aliphatic heterocycles. The molecule has 178 valence electrons. The number of halogens is 1. The van der Waals surface area contributed by atoms with Crippen LogP contribution in [0, 0.1) is 5.92 Å². The van der Waals surface area contributed by atoms with E-state index in [1.54, 1.807) is 29.9 Å². The third-order valence-electron chi connectivity index (χ3n) is 5.05. The molecular formula is C26H29ClN4O3. The number of amides is 2. The van der Waals surface area contributed by atoms with Crippen molar-refractivity contribution in [1.29, 1.82) is 0 Å². The minimum Gasteiger partial charge on any atom is -0.497 e. The minimum atomic E-state index is -0.351. The molecule has 7 nitrogen and oxygen atoms in total. The Balaban J connectivity index is 1.91. The molecule has 1 heterocycles. The summed E-state index contributed by atoms with van der Waals surface area (Å²) in [6.07, 6.45) is 3.81. The van der Waals surface area contributed by atoms with Gasteiger partial charge in [0.05, 0.1) is 18.5 Å². The lowest BCUT2D eigenvalue weighted by Crippen LogP contribution is -2.38. The van der Waals surface area contributed by atoms with Crippen molar-refractivity contribution in [3.05, 3.63) is 72.4 Å². The fourth-order valence-electron chi connectivity index (χ4n) is 3.41. The predicted octanol–water partition coefficient (Wildman–Crippen LogP) is 5.20. The van der Waals surface area contributed by atoms with Gasteiger partial charge in [-0.3, -0.25) is 19.5 Å². The lowest BCUT2D eigenvalue weighted by molar-refractivity contribution is -0.134. The van der Waals surface area contributed by atoms with Crippen molar-refractivity contribution >= 4 is 29.4 Å². The number of nitrogens with zero attached hydrogens (tertiary/aromatic N) is 3. The van der Waals surface area contributed by atoms with E-state index in [9.17, 15) is 9.59 Å². The second-order valence-electron chi connectivity index (χ2n) is 8.24. The molecule has 0 atom stereocenters. The number of ether oxygens (including phenoxy) is 1. The van der Waals surface area contributed by atoms with E-state index < -0.39 is 0 Å². The zero-order chi connectivity index (χ0) is 24.7. The highest BCUT2D eigenvalue weighted by Crippen LogP contribution is 2.27. The molecule has 0 saturated heterocycles. The van der Waals surface area contributed by atoms with E-state index in [1.807, 2.05) is 56.4 Å². The molecule has 2 aromatic carbocycles. The summed E-state index contributed by atoms with van der Waals surface area (Å²) in [5.74, 6) is 0.752. The van der Waals surface area contributed by atoms with E-state index in [-0.39, 0.29) is 24.3 Å². The van der Waals surface area contributed by atoms with Crippen LogP contribution in [0.15, 0.2) is 67.4 Å². The summed E-state index contributed by atoms with van der Waals surface area (Å²) in [6.45, 7) is 7.83. The van der Waals surface area contributed by atoms with Gasteiger partial charge in [-0.1, -0.05) is 49.7 Å². The van der Waals surface area contributed by atoms with E-state index in [2.05, 4.69) is 16.9 Å². The summed E-state index contributed by atoms with van der Waals surface area (Å²) < 4.78 is 7.13. The highest BCUT2D eigenvalue weighted by molar-refractivity contribution is 6.30. The monoisotopic (exact) mass is 480 g/mol. The second kappa shape index (κ2) is 11.5. The topological polar surface area (TPSA) is 76.5 Å². The van der Waals surface area contributed by atoms with E-state index in [4.69, 9.17) is 16.3 Å². The highest BCUT2D eigenvalue weighted by atomic mass is 35.5. The average molecular weight is 481 g/mol. The quantitative estimate of drug-likeness (QED) is 0.404. The summed E-state index contributed by atoms with van der Waals surface area (Å²) in [7, 11) is 1.59. The molecule has 3 aromatic rings. The standard InChI is InChI=1S/C26H29ClN4O3/c1-5-13-30(25(33)14-18(2)3)17-24(32)29-26-28-23(19-9-11-20(27)12-10-19)16-31(26)21-7-6-8-22(15-21)34-4/h5-12,15-16,18H,1,13-14,17H2,2-4H3,(H,28,29,32). The van der Waals surface area contributed by atoms with Crippen LogP contribution in [0.3, 0.4) is 0 Å². The molecule has 0 unspecified atom stereocenters. The van der Waals surface area contributed by atoms with Gasteiger partial charge in [-0.25, -0.2) is 4.98 Å². The minimum absolute atomic E-state index is 0.0944. The first-order valence-corrected chi connectivity index (χ1v) is 11.4. The normalized spacial score (nSPS) is 10.7. The molecule has 1 N–H and O–H groups in total. The number of hydrogen-bond acceptors (Lipinski definition) is 4. The van der Waals surface area contributed by atoms with Crippen molar-refractivity contribution in [2.45, 2.75) is 20.3 Å². The Bertz CT molecular complexity index is 1160. The van der Waals surface area contributed by atoms with Crippen LogP contribution in [-0.2, 0) is 9.59 Å². The first kappa shape index (κ1) is 25.1. The zero-order valence-corrected chi connectivity index (χ0v) is 20.4. The van der Waals surface area contributed by atoms with Crippen molar-refractivity contribution in [2.75, 3.05) is 25.5 Å². The van der Waals surface area contributed by atoms with Crippen LogP contribution in [0.4, 0.5) is 5.95 Å². The molecule has 2 amide bonds. The number of anilines is 1. The van der Waals surface area contributed by atoms with Crippen molar-refractivity contribution in [3.8, 4) is 22.7 Å². The number of hydrogen-bond donors (Lipinski definition) is 1. The number of methoxy groups -OCH3 is 1. The van der Waals surface area contributed by atoms with Crippen LogP contribution in [0.1, 0.15) is 20.3 Å². The van der Waals surface area contributed by atoms with Gasteiger partial charge in [-0.2, -0.15) is 0 Å². The Hall–Kier alpha value is -3.58. The average Bonchev–Trinajstić information content (AvgIpc) is 3.22. The highest BCUT2D eigenvalue weighted by Gasteiger charge is 2.20. The summed E-state index contributed by atoms with van der Waals surface area (Å²) >= 11 is 6.03. The Kier molecular flexibility index (Phi) is 8.49. The fraction of sp³-hybridized carbons (Fsp3) is 0.269. The number of aromatic nitrogens is 2.